The minimum Gasteiger partial charge on any atom is -0.475 e. The fraction of sp³-hybridized carbons (Fsp3) is 0.278. The van der Waals surface area contributed by atoms with Gasteiger partial charge in [-0.3, -0.25) is 0 Å². The predicted molar refractivity (Wildman–Crippen MR) is 88.5 cm³/mol. The molecule has 2 aromatic rings. The topological polar surface area (TPSA) is 41.8 Å². The van der Waals surface area contributed by atoms with Crippen molar-refractivity contribution in [3.63, 3.8) is 0 Å². The molecule has 0 saturated heterocycles. The van der Waals surface area contributed by atoms with E-state index in [2.05, 4.69) is 4.99 Å². The van der Waals surface area contributed by atoms with E-state index in [1.165, 1.54) is 0 Å². The van der Waals surface area contributed by atoms with Gasteiger partial charge in [0.15, 0.2) is 0 Å². The number of aliphatic imine (C=N–C) groups is 1. The molecular formula is C18H18ClNO2. The summed E-state index contributed by atoms with van der Waals surface area (Å²) in [7, 11) is 0. The first kappa shape index (κ1) is 15.1. The van der Waals surface area contributed by atoms with Crippen molar-refractivity contribution in [2.45, 2.75) is 25.5 Å². The van der Waals surface area contributed by atoms with E-state index >= 15 is 0 Å². The van der Waals surface area contributed by atoms with Crippen LogP contribution in [0.4, 0.5) is 0 Å². The quantitative estimate of drug-likeness (QED) is 0.931. The summed E-state index contributed by atoms with van der Waals surface area (Å²) in [5.41, 5.74) is 2.29. The van der Waals surface area contributed by atoms with Gasteiger partial charge in [-0.1, -0.05) is 35.9 Å². The van der Waals surface area contributed by atoms with Gasteiger partial charge in [-0.05, 0) is 49.2 Å². The Balaban J connectivity index is 1.90. The number of aliphatic hydroxyl groups excluding tert-OH is 1. The number of ether oxygens (including phenoxy) is 1. The van der Waals surface area contributed by atoms with Crippen molar-refractivity contribution in [1.82, 2.24) is 0 Å². The van der Waals surface area contributed by atoms with Crippen LogP contribution in [0.5, 0.6) is 0 Å². The molecule has 0 saturated carbocycles. The molecule has 0 bridgehead atoms. The van der Waals surface area contributed by atoms with Gasteiger partial charge in [-0.25, -0.2) is 4.99 Å². The van der Waals surface area contributed by atoms with Crippen molar-refractivity contribution in [1.29, 1.82) is 0 Å². The molecule has 0 aliphatic carbocycles. The average Bonchev–Trinajstić information content (AvgIpc) is 2.88. The summed E-state index contributed by atoms with van der Waals surface area (Å²) in [6.07, 6.45) is -0.702. The first-order chi connectivity index (χ1) is 10.4. The fourth-order valence-electron chi connectivity index (χ4n) is 2.41. The summed E-state index contributed by atoms with van der Waals surface area (Å²) >= 11 is 5.89. The Morgan fingerprint density at radius 3 is 2.50 bits per heavy atom. The van der Waals surface area contributed by atoms with E-state index in [1.807, 2.05) is 50.2 Å². The molecule has 1 atom stereocenters. The third kappa shape index (κ3) is 3.16. The van der Waals surface area contributed by atoms with Crippen LogP contribution in [0.25, 0.3) is 0 Å². The van der Waals surface area contributed by atoms with Gasteiger partial charge < -0.3 is 9.84 Å². The molecule has 0 radical (unpaired) electrons. The Hall–Kier alpha value is -1.84. The Morgan fingerprint density at radius 1 is 1.14 bits per heavy atom. The first-order valence-electron chi connectivity index (χ1n) is 7.21. The molecule has 0 amide bonds. The summed E-state index contributed by atoms with van der Waals surface area (Å²) in [5.74, 6) is 0.634. The highest BCUT2D eigenvalue weighted by atomic mass is 35.5. The molecule has 0 unspecified atom stereocenters. The average molecular weight is 316 g/mol. The van der Waals surface area contributed by atoms with Gasteiger partial charge in [0.1, 0.15) is 12.7 Å². The number of benzene rings is 2. The normalized spacial score (nSPS) is 17.7. The number of hydrogen-bond acceptors (Lipinski definition) is 3. The van der Waals surface area contributed by atoms with Crippen molar-refractivity contribution < 1.29 is 9.84 Å². The molecule has 3 nitrogen and oxygen atoms in total. The van der Waals surface area contributed by atoms with Gasteiger partial charge in [0.2, 0.25) is 5.90 Å². The summed E-state index contributed by atoms with van der Waals surface area (Å²) < 4.78 is 5.66. The van der Waals surface area contributed by atoms with Crippen LogP contribution < -0.4 is 0 Å². The maximum Gasteiger partial charge on any atom is 0.216 e. The SMILES string of the molecule is CC1(C)COC(c2cccc([C@H](O)c3ccc(Cl)cc3)c2)=N1. The number of aliphatic hydroxyl groups is 1. The maximum absolute atomic E-state index is 10.5. The van der Waals surface area contributed by atoms with E-state index in [1.54, 1.807) is 12.1 Å². The first-order valence-corrected chi connectivity index (χ1v) is 7.59. The number of hydrogen-bond donors (Lipinski definition) is 1. The zero-order valence-electron chi connectivity index (χ0n) is 12.6. The van der Waals surface area contributed by atoms with Crippen LogP contribution in [0.3, 0.4) is 0 Å². The molecule has 1 aliphatic heterocycles. The Bertz CT molecular complexity index is 707. The summed E-state index contributed by atoms with van der Waals surface area (Å²) in [6.45, 7) is 4.64. The molecule has 2 aromatic carbocycles. The number of nitrogens with zero attached hydrogens (tertiary/aromatic N) is 1. The second-order valence-corrected chi connectivity index (χ2v) is 6.53. The molecule has 22 heavy (non-hydrogen) atoms. The number of halogens is 1. The molecule has 3 rings (SSSR count). The van der Waals surface area contributed by atoms with Gasteiger partial charge in [0.25, 0.3) is 0 Å². The van der Waals surface area contributed by atoms with E-state index in [-0.39, 0.29) is 5.54 Å². The van der Waals surface area contributed by atoms with E-state index in [0.29, 0.717) is 17.5 Å². The summed E-state index contributed by atoms with van der Waals surface area (Å²) in [4.78, 5) is 4.57. The minimum atomic E-state index is -0.702. The second-order valence-electron chi connectivity index (χ2n) is 6.10. The van der Waals surface area contributed by atoms with Gasteiger partial charge in [0.05, 0.1) is 5.54 Å². The van der Waals surface area contributed by atoms with Crippen LogP contribution in [-0.2, 0) is 4.74 Å². The van der Waals surface area contributed by atoms with Gasteiger partial charge >= 0.3 is 0 Å². The molecule has 0 spiro atoms. The van der Waals surface area contributed by atoms with Crippen LogP contribution in [0, 0.1) is 0 Å². The molecule has 0 aromatic heterocycles. The molecular weight excluding hydrogens is 298 g/mol. The molecule has 1 heterocycles. The maximum atomic E-state index is 10.5. The van der Waals surface area contributed by atoms with E-state index in [4.69, 9.17) is 16.3 Å². The lowest BCUT2D eigenvalue weighted by atomic mass is 10.00. The zero-order valence-corrected chi connectivity index (χ0v) is 13.3. The van der Waals surface area contributed by atoms with Crippen molar-refractivity contribution in [2.75, 3.05) is 6.61 Å². The van der Waals surface area contributed by atoms with E-state index in [9.17, 15) is 5.11 Å². The Labute approximate surface area is 135 Å². The summed E-state index contributed by atoms with van der Waals surface area (Å²) in [5, 5.41) is 11.2. The lowest BCUT2D eigenvalue weighted by Gasteiger charge is -2.13. The van der Waals surface area contributed by atoms with Crippen LogP contribution in [0.15, 0.2) is 53.5 Å². The smallest absolute Gasteiger partial charge is 0.216 e. The minimum absolute atomic E-state index is 0.194. The summed E-state index contributed by atoms with van der Waals surface area (Å²) in [6, 6.07) is 14.9. The van der Waals surface area contributed by atoms with Gasteiger partial charge in [0, 0.05) is 10.6 Å². The zero-order chi connectivity index (χ0) is 15.7. The van der Waals surface area contributed by atoms with Crippen molar-refractivity contribution in [2.24, 2.45) is 4.99 Å². The standard InChI is InChI=1S/C18H18ClNO2/c1-18(2)11-22-17(20-18)14-5-3-4-13(10-14)16(21)12-6-8-15(19)9-7-12/h3-10,16,21H,11H2,1-2H3/t16-/m1/s1. The fourth-order valence-corrected chi connectivity index (χ4v) is 2.54. The molecule has 1 N–H and O–H groups in total. The number of rotatable bonds is 3. The highest BCUT2D eigenvalue weighted by Crippen LogP contribution is 2.26. The van der Waals surface area contributed by atoms with E-state index < -0.39 is 6.10 Å². The van der Waals surface area contributed by atoms with E-state index in [0.717, 1.165) is 16.7 Å². The van der Waals surface area contributed by atoms with Crippen molar-refractivity contribution >= 4 is 17.5 Å². The van der Waals surface area contributed by atoms with Crippen LogP contribution in [-0.4, -0.2) is 23.2 Å². The monoisotopic (exact) mass is 315 g/mol. The lowest BCUT2D eigenvalue weighted by molar-refractivity contribution is 0.220. The predicted octanol–water partition coefficient (Wildman–Crippen LogP) is 3.98. The third-order valence-corrected chi connectivity index (χ3v) is 3.85. The molecule has 0 fully saturated rings. The highest BCUT2D eigenvalue weighted by molar-refractivity contribution is 6.30. The highest BCUT2D eigenvalue weighted by Gasteiger charge is 2.27. The van der Waals surface area contributed by atoms with Gasteiger partial charge in [-0.2, -0.15) is 0 Å². The largest absolute Gasteiger partial charge is 0.475 e. The lowest BCUT2D eigenvalue weighted by Crippen LogP contribution is -2.17. The van der Waals surface area contributed by atoms with Crippen LogP contribution >= 0.6 is 11.6 Å². The van der Waals surface area contributed by atoms with Crippen LogP contribution in [0.1, 0.15) is 36.6 Å². The van der Waals surface area contributed by atoms with Crippen LogP contribution in [0.2, 0.25) is 5.02 Å². The Kier molecular flexibility index (Phi) is 3.94. The molecule has 4 heteroatoms. The molecule has 114 valence electrons. The van der Waals surface area contributed by atoms with Crippen molar-refractivity contribution in [3.8, 4) is 0 Å². The molecule has 1 aliphatic rings. The third-order valence-electron chi connectivity index (χ3n) is 3.60. The van der Waals surface area contributed by atoms with Crippen molar-refractivity contribution in [3.05, 3.63) is 70.2 Å². The Morgan fingerprint density at radius 2 is 1.86 bits per heavy atom. The second kappa shape index (κ2) is 5.75. The van der Waals surface area contributed by atoms with Gasteiger partial charge in [-0.15, -0.1) is 0 Å².